The first-order valence-corrected chi connectivity index (χ1v) is 8.51. The molecule has 8 heteroatoms. The first kappa shape index (κ1) is 18.4. The van der Waals surface area contributed by atoms with Gasteiger partial charge in [0.1, 0.15) is 0 Å². The second-order valence-electron chi connectivity index (χ2n) is 6.65. The summed E-state index contributed by atoms with van der Waals surface area (Å²) >= 11 is 0. The average Bonchev–Trinajstić information content (AvgIpc) is 2.98. The van der Waals surface area contributed by atoms with E-state index in [4.69, 9.17) is 0 Å². The van der Waals surface area contributed by atoms with Gasteiger partial charge in [0, 0.05) is 6.04 Å². The lowest BCUT2D eigenvalue weighted by Crippen LogP contribution is -2.48. The maximum Gasteiger partial charge on any atom is 0.416 e. The van der Waals surface area contributed by atoms with E-state index < -0.39 is 11.7 Å². The Kier molecular flexibility index (Phi) is 5.04. The number of alkyl halides is 3. The molecular weight excluding hydrogens is 345 g/mol. The number of nitrogens with one attached hydrogen (secondary N) is 2. The van der Waals surface area contributed by atoms with Crippen LogP contribution in [0.5, 0.6) is 0 Å². The summed E-state index contributed by atoms with van der Waals surface area (Å²) in [7, 11) is 0. The summed E-state index contributed by atoms with van der Waals surface area (Å²) in [4.78, 5) is 12.6. The Balaban J connectivity index is 1.83. The SMILES string of the molecule is Cc1c(C(=O)NC2CCNCC2C)cnn1-c1cccc(C(F)(F)F)c1. The molecule has 1 aromatic carbocycles. The van der Waals surface area contributed by atoms with Crippen LogP contribution in [0.2, 0.25) is 0 Å². The van der Waals surface area contributed by atoms with Gasteiger partial charge in [0.05, 0.1) is 28.7 Å². The number of nitrogens with zero attached hydrogens (tertiary/aromatic N) is 2. The Labute approximate surface area is 149 Å². The summed E-state index contributed by atoms with van der Waals surface area (Å²) in [5.41, 5.74) is 0.391. The van der Waals surface area contributed by atoms with Crippen LogP contribution in [0.1, 0.15) is 35.0 Å². The van der Waals surface area contributed by atoms with Crippen molar-refractivity contribution in [3.8, 4) is 5.69 Å². The lowest BCUT2D eigenvalue weighted by atomic mass is 9.95. The molecule has 5 nitrogen and oxygen atoms in total. The highest BCUT2D eigenvalue weighted by Gasteiger charge is 2.31. The van der Waals surface area contributed by atoms with Crippen LogP contribution < -0.4 is 10.6 Å². The van der Waals surface area contributed by atoms with E-state index in [2.05, 4.69) is 22.7 Å². The van der Waals surface area contributed by atoms with Crippen LogP contribution in [0, 0.1) is 12.8 Å². The van der Waals surface area contributed by atoms with Gasteiger partial charge in [-0.25, -0.2) is 4.68 Å². The predicted molar refractivity (Wildman–Crippen MR) is 91.2 cm³/mol. The fourth-order valence-electron chi connectivity index (χ4n) is 3.18. The fourth-order valence-corrected chi connectivity index (χ4v) is 3.18. The molecule has 1 aliphatic rings. The van der Waals surface area contributed by atoms with Crippen LogP contribution in [-0.4, -0.2) is 34.8 Å². The van der Waals surface area contributed by atoms with Gasteiger partial charge in [-0.1, -0.05) is 13.0 Å². The van der Waals surface area contributed by atoms with E-state index in [1.54, 1.807) is 6.92 Å². The number of benzene rings is 1. The molecule has 0 spiro atoms. The number of rotatable bonds is 3. The molecule has 2 atom stereocenters. The number of halogens is 3. The van der Waals surface area contributed by atoms with Crippen LogP contribution in [0.4, 0.5) is 13.2 Å². The monoisotopic (exact) mass is 366 g/mol. The Bertz CT molecular complexity index is 800. The van der Waals surface area contributed by atoms with Gasteiger partial charge < -0.3 is 10.6 Å². The van der Waals surface area contributed by atoms with E-state index in [1.807, 2.05) is 0 Å². The van der Waals surface area contributed by atoms with Gasteiger partial charge in [0.2, 0.25) is 0 Å². The molecule has 3 rings (SSSR count). The van der Waals surface area contributed by atoms with Crippen molar-refractivity contribution in [2.75, 3.05) is 13.1 Å². The van der Waals surface area contributed by atoms with Crippen LogP contribution in [-0.2, 0) is 6.18 Å². The quantitative estimate of drug-likeness (QED) is 0.878. The molecular formula is C18H21F3N4O. The Morgan fingerprint density at radius 3 is 2.85 bits per heavy atom. The largest absolute Gasteiger partial charge is 0.416 e. The van der Waals surface area contributed by atoms with Gasteiger partial charge in [-0.05, 0) is 50.6 Å². The predicted octanol–water partition coefficient (Wildman–Crippen LogP) is 2.93. The maximum atomic E-state index is 12.9. The maximum absolute atomic E-state index is 12.9. The van der Waals surface area contributed by atoms with Crippen LogP contribution in [0.3, 0.4) is 0 Å². The number of amides is 1. The Morgan fingerprint density at radius 2 is 2.15 bits per heavy atom. The number of aromatic nitrogens is 2. The zero-order chi connectivity index (χ0) is 18.9. The van der Waals surface area contributed by atoms with Crippen LogP contribution >= 0.6 is 0 Å². The molecule has 1 saturated heterocycles. The Morgan fingerprint density at radius 1 is 1.38 bits per heavy atom. The van der Waals surface area contributed by atoms with Crippen molar-refractivity contribution in [1.82, 2.24) is 20.4 Å². The van der Waals surface area contributed by atoms with E-state index >= 15 is 0 Å². The lowest BCUT2D eigenvalue weighted by Gasteiger charge is -2.30. The summed E-state index contributed by atoms with van der Waals surface area (Å²) < 4.78 is 40.1. The molecule has 0 aliphatic carbocycles. The van der Waals surface area contributed by atoms with Crippen molar-refractivity contribution >= 4 is 5.91 Å². The van der Waals surface area contributed by atoms with Gasteiger partial charge in [-0.3, -0.25) is 4.79 Å². The standard InChI is InChI=1S/C18H21F3N4O/c1-11-9-22-7-6-16(11)24-17(26)15-10-23-25(12(15)2)14-5-3-4-13(8-14)18(19,20)21/h3-5,8,10-11,16,22H,6-7,9H2,1-2H3,(H,24,26). The van der Waals surface area contributed by atoms with Crippen molar-refractivity contribution in [1.29, 1.82) is 0 Å². The molecule has 2 unspecified atom stereocenters. The highest BCUT2D eigenvalue weighted by atomic mass is 19.4. The topological polar surface area (TPSA) is 59.0 Å². The second-order valence-corrected chi connectivity index (χ2v) is 6.65. The molecule has 1 amide bonds. The molecule has 1 aliphatic heterocycles. The molecule has 0 bridgehead atoms. The summed E-state index contributed by atoms with van der Waals surface area (Å²) in [6, 6.07) is 4.96. The molecule has 1 aromatic heterocycles. The number of hydrogen-bond acceptors (Lipinski definition) is 3. The third-order valence-corrected chi connectivity index (χ3v) is 4.77. The van der Waals surface area contributed by atoms with Gasteiger partial charge in [0.15, 0.2) is 0 Å². The highest BCUT2D eigenvalue weighted by molar-refractivity contribution is 5.95. The molecule has 0 saturated carbocycles. The number of hydrogen-bond donors (Lipinski definition) is 2. The normalized spacial score (nSPS) is 20.8. The lowest BCUT2D eigenvalue weighted by molar-refractivity contribution is -0.137. The van der Waals surface area contributed by atoms with Gasteiger partial charge in [-0.15, -0.1) is 0 Å². The van der Waals surface area contributed by atoms with Gasteiger partial charge in [0.25, 0.3) is 5.91 Å². The smallest absolute Gasteiger partial charge is 0.349 e. The highest BCUT2D eigenvalue weighted by Crippen LogP contribution is 2.30. The van der Waals surface area contributed by atoms with Crippen LogP contribution in [0.15, 0.2) is 30.5 Å². The average molecular weight is 366 g/mol. The minimum absolute atomic E-state index is 0.0695. The minimum Gasteiger partial charge on any atom is -0.349 e. The molecule has 0 radical (unpaired) electrons. The van der Waals surface area contributed by atoms with Gasteiger partial charge >= 0.3 is 6.18 Å². The van der Waals surface area contributed by atoms with E-state index in [-0.39, 0.29) is 17.6 Å². The zero-order valence-electron chi connectivity index (χ0n) is 14.6. The van der Waals surface area contributed by atoms with Crippen molar-refractivity contribution < 1.29 is 18.0 Å². The summed E-state index contributed by atoms with van der Waals surface area (Å²) in [5, 5.41) is 10.4. The zero-order valence-corrected chi connectivity index (χ0v) is 14.6. The van der Waals surface area contributed by atoms with Crippen molar-refractivity contribution in [2.45, 2.75) is 32.5 Å². The van der Waals surface area contributed by atoms with Crippen molar-refractivity contribution in [3.63, 3.8) is 0 Å². The van der Waals surface area contributed by atoms with Crippen molar-refractivity contribution in [3.05, 3.63) is 47.3 Å². The van der Waals surface area contributed by atoms with Gasteiger partial charge in [-0.2, -0.15) is 18.3 Å². The second kappa shape index (κ2) is 7.11. The number of carbonyl (C=O) groups is 1. The summed E-state index contributed by atoms with van der Waals surface area (Å²) in [6.45, 7) is 5.43. The number of carbonyl (C=O) groups excluding carboxylic acids is 1. The van der Waals surface area contributed by atoms with E-state index in [0.717, 1.165) is 31.6 Å². The van der Waals surface area contributed by atoms with Crippen LogP contribution in [0.25, 0.3) is 5.69 Å². The molecule has 2 N–H and O–H groups in total. The molecule has 140 valence electrons. The third-order valence-electron chi connectivity index (χ3n) is 4.77. The summed E-state index contributed by atoms with van der Waals surface area (Å²) in [6.07, 6.45) is -2.19. The Hall–Kier alpha value is -2.35. The molecule has 2 heterocycles. The molecule has 26 heavy (non-hydrogen) atoms. The van der Waals surface area contributed by atoms with E-state index in [9.17, 15) is 18.0 Å². The van der Waals surface area contributed by atoms with E-state index in [1.165, 1.54) is 23.0 Å². The van der Waals surface area contributed by atoms with E-state index in [0.29, 0.717) is 17.2 Å². The number of piperidine rings is 1. The van der Waals surface area contributed by atoms with Crippen molar-refractivity contribution in [2.24, 2.45) is 5.92 Å². The third kappa shape index (κ3) is 3.75. The fraction of sp³-hybridized carbons (Fsp3) is 0.444. The molecule has 2 aromatic rings. The first-order valence-electron chi connectivity index (χ1n) is 8.51. The summed E-state index contributed by atoms with van der Waals surface area (Å²) in [5.74, 6) is 0.0611. The first-order chi connectivity index (χ1) is 12.3. The minimum atomic E-state index is -4.43. The molecule has 1 fully saturated rings.